The van der Waals surface area contributed by atoms with E-state index in [-0.39, 0.29) is 5.82 Å². The van der Waals surface area contributed by atoms with Gasteiger partial charge < -0.3 is 10.5 Å². The van der Waals surface area contributed by atoms with Crippen LogP contribution in [0.1, 0.15) is 43.6 Å². The predicted molar refractivity (Wildman–Crippen MR) is 62.2 cm³/mol. The van der Waals surface area contributed by atoms with Crippen LogP contribution in [0.15, 0.2) is 12.3 Å². The van der Waals surface area contributed by atoms with Gasteiger partial charge in [-0.1, -0.05) is 6.42 Å². The normalized spacial score (nSPS) is 17.7. The molecule has 0 radical (unpaired) electrons. The van der Waals surface area contributed by atoms with Gasteiger partial charge in [-0.25, -0.2) is 14.8 Å². The molecule has 6 nitrogen and oxygen atoms in total. The molecule has 1 fully saturated rings. The van der Waals surface area contributed by atoms with Crippen molar-refractivity contribution in [1.29, 1.82) is 5.26 Å². The Morgan fingerprint density at radius 3 is 2.78 bits per heavy atom. The molecular formula is C12H14N4O2. The van der Waals surface area contributed by atoms with E-state index in [1.165, 1.54) is 6.20 Å². The lowest BCUT2D eigenvalue weighted by Gasteiger charge is -2.35. The number of carbonyl (C=O) groups excluding carboxylic acids is 1. The van der Waals surface area contributed by atoms with Gasteiger partial charge >= 0.3 is 6.09 Å². The van der Waals surface area contributed by atoms with Crippen LogP contribution in [0.2, 0.25) is 0 Å². The number of hydrogen-bond donors (Lipinski definition) is 1. The lowest BCUT2D eigenvalue weighted by molar-refractivity contribution is -0.0199. The summed E-state index contributed by atoms with van der Waals surface area (Å²) in [7, 11) is 0. The molecule has 1 aliphatic rings. The first-order chi connectivity index (χ1) is 8.66. The molecule has 0 spiro atoms. The Kier molecular flexibility index (Phi) is 3.42. The molecule has 1 saturated carbocycles. The van der Waals surface area contributed by atoms with E-state index >= 15 is 0 Å². The monoisotopic (exact) mass is 246 g/mol. The second-order valence-electron chi connectivity index (χ2n) is 4.35. The molecule has 18 heavy (non-hydrogen) atoms. The molecular weight excluding hydrogens is 232 g/mol. The van der Waals surface area contributed by atoms with Crippen LogP contribution in [-0.4, -0.2) is 16.1 Å². The molecule has 1 heterocycles. The summed E-state index contributed by atoms with van der Waals surface area (Å²) in [5, 5.41) is 8.82. The first kappa shape index (κ1) is 12.3. The molecule has 0 aliphatic heterocycles. The van der Waals surface area contributed by atoms with Gasteiger partial charge in [0.05, 0.1) is 5.69 Å². The zero-order chi connectivity index (χ0) is 13.0. The standard InChI is InChI=1S/C12H14N4O2/c13-8-10-15-7-4-9(16-10)12(18-11(14)17)5-2-1-3-6-12/h4,7H,1-3,5-6H2,(H2,14,17). The second kappa shape index (κ2) is 5.00. The van der Waals surface area contributed by atoms with E-state index in [1.807, 2.05) is 6.07 Å². The van der Waals surface area contributed by atoms with Gasteiger partial charge in [0.25, 0.3) is 0 Å². The average molecular weight is 246 g/mol. The van der Waals surface area contributed by atoms with Gasteiger partial charge in [-0.15, -0.1) is 0 Å². The maximum atomic E-state index is 11.1. The average Bonchev–Trinajstić information content (AvgIpc) is 2.39. The third-order valence-corrected chi connectivity index (χ3v) is 3.18. The third kappa shape index (κ3) is 2.40. The van der Waals surface area contributed by atoms with E-state index in [9.17, 15) is 4.79 Å². The van der Waals surface area contributed by atoms with Crippen molar-refractivity contribution in [2.75, 3.05) is 0 Å². The van der Waals surface area contributed by atoms with E-state index in [1.54, 1.807) is 6.07 Å². The van der Waals surface area contributed by atoms with Gasteiger partial charge in [0.1, 0.15) is 6.07 Å². The highest BCUT2D eigenvalue weighted by Gasteiger charge is 2.39. The van der Waals surface area contributed by atoms with Crippen molar-refractivity contribution in [3.05, 3.63) is 23.8 Å². The molecule has 2 rings (SSSR count). The van der Waals surface area contributed by atoms with Gasteiger partial charge in [0.2, 0.25) is 5.82 Å². The molecule has 1 aromatic heterocycles. The Balaban J connectivity index is 2.38. The van der Waals surface area contributed by atoms with Gasteiger partial charge in [-0.05, 0) is 31.7 Å². The first-order valence-corrected chi connectivity index (χ1v) is 5.88. The number of nitrogens with two attached hydrogens (primary N) is 1. The Hall–Kier alpha value is -2.16. The zero-order valence-electron chi connectivity index (χ0n) is 9.93. The Labute approximate surface area is 105 Å². The minimum atomic E-state index is -0.811. The molecule has 0 unspecified atom stereocenters. The van der Waals surface area contributed by atoms with Crippen molar-refractivity contribution < 1.29 is 9.53 Å². The van der Waals surface area contributed by atoms with E-state index in [2.05, 4.69) is 9.97 Å². The minimum Gasteiger partial charge on any atom is -0.437 e. The number of primary amides is 1. The number of rotatable bonds is 2. The van der Waals surface area contributed by atoms with Crippen molar-refractivity contribution in [3.63, 3.8) is 0 Å². The SMILES string of the molecule is N#Cc1nccc(C2(OC(N)=O)CCCCC2)n1. The van der Waals surface area contributed by atoms with Gasteiger partial charge in [0, 0.05) is 6.20 Å². The largest absolute Gasteiger partial charge is 0.437 e. The fourth-order valence-electron chi connectivity index (χ4n) is 2.39. The second-order valence-corrected chi connectivity index (χ2v) is 4.35. The van der Waals surface area contributed by atoms with Crippen LogP contribution in [0.5, 0.6) is 0 Å². The van der Waals surface area contributed by atoms with Crippen molar-refractivity contribution in [3.8, 4) is 6.07 Å². The lowest BCUT2D eigenvalue weighted by Crippen LogP contribution is -2.37. The Morgan fingerprint density at radius 1 is 1.44 bits per heavy atom. The summed E-state index contributed by atoms with van der Waals surface area (Å²) in [6.45, 7) is 0. The van der Waals surface area contributed by atoms with E-state index in [0.29, 0.717) is 18.5 Å². The fraction of sp³-hybridized carbons (Fsp3) is 0.500. The van der Waals surface area contributed by atoms with Gasteiger partial charge in [0.15, 0.2) is 5.60 Å². The molecule has 1 aliphatic carbocycles. The maximum absolute atomic E-state index is 11.1. The number of hydrogen-bond acceptors (Lipinski definition) is 5. The summed E-state index contributed by atoms with van der Waals surface area (Å²) in [5.41, 5.74) is 4.92. The maximum Gasteiger partial charge on any atom is 0.405 e. The summed E-state index contributed by atoms with van der Waals surface area (Å²) in [5.74, 6) is 0.0746. The number of aromatic nitrogens is 2. The fourth-order valence-corrected chi connectivity index (χ4v) is 2.39. The van der Waals surface area contributed by atoms with Crippen molar-refractivity contribution in [2.24, 2.45) is 5.73 Å². The molecule has 2 N–H and O–H groups in total. The summed E-state index contributed by atoms with van der Waals surface area (Å²) < 4.78 is 5.30. The Bertz CT molecular complexity index is 489. The summed E-state index contributed by atoms with van der Waals surface area (Å²) in [6, 6.07) is 3.56. The van der Waals surface area contributed by atoms with Crippen LogP contribution in [0, 0.1) is 11.3 Å². The number of nitriles is 1. The molecule has 0 aromatic carbocycles. The van der Waals surface area contributed by atoms with Crippen LogP contribution < -0.4 is 5.73 Å². The van der Waals surface area contributed by atoms with Crippen LogP contribution in [-0.2, 0) is 10.3 Å². The van der Waals surface area contributed by atoms with Crippen molar-refractivity contribution in [1.82, 2.24) is 9.97 Å². The smallest absolute Gasteiger partial charge is 0.405 e. The third-order valence-electron chi connectivity index (χ3n) is 3.18. The molecule has 0 saturated heterocycles. The van der Waals surface area contributed by atoms with Crippen LogP contribution >= 0.6 is 0 Å². The van der Waals surface area contributed by atoms with Crippen LogP contribution in [0.25, 0.3) is 0 Å². The summed E-state index contributed by atoms with van der Waals surface area (Å²) in [6.07, 6.45) is 5.03. The Morgan fingerprint density at radius 2 is 2.17 bits per heavy atom. The van der Waals surface area contributed by atoms with E-state index in [0.717, 1.165) is 19.3 Å². The lowest BCUT2D eigenvalue weighted by atomic mass is 9.82. The van der Waals surface area contributed by atoms with Crippen molar-refractivity contribution >= 4 is 6.09 Å². The number of ether oxygens (including phenoxy) is 1. The molecule has 6 heteroatoms. The van der Waals surface area contributed by atoms with E-state index < -0.39 is 11.7 Å². The number of amides is 1. The quantitative estimate of drug-likeness (QED) is 0.853. The van der Waals surface area contributed by atoms with Crippen molar-refractivity contribution in [2.45, 2.75) is 37.7 Å². The van der Waals surface area contributed by atoms with Crippen LogP contribution in [0.4, 0.5) is 4.79 Å². The van der Waals surface area contributed by atoms with E-state index in [4.69, 9.17) is 15.7 Å². The topological polar surface area (TPSA) is 102 Å². The predicted octanol–water partition coefficient (Wildman–Crippen LogP) is 1.60. The molecule has 0 atom stereocenters. The van der Waals surface area contributed by atoms with Gasteiger partial charge in [-0.2, -0.15) is 5.26 Å². The molecule has 1 amide bonds. The highest BCUT2D eigenvalue weighted by molar-refractivity contribution is 5.65. The number of carbonyl (C=O) groups is 1. The molecule has 94 valence electrons. The zero-order valence-corrected chi connectivity index (χ0v) is 9.93. The highest BCUT2D eigenvalue weighted by Crippen LogP contribution is 2.39. The number of nitrogens with zero attached hydrogens (tertiary/aromatic N) is 3. The highest BCUT2D eigenvalue weighted by atomic mass is 16.6. The minimum absolute atomic E-state index is 0.0746. The first-order valence-electron chi connectivity index (χ1n) is 5.88. The molecule has 1 aromatic rings. The summed E-state index contributed by atoms with van der Waals surface area (Å²) in [4.78, 5) is 19.0. The van der Waals surface area contributed by atoms with Crippen LogP contribution in [0.3, 0.4) is 0 Å². The molecule has 0 bridgehead atoms. The van der Waals surface area contributed by atoms with Gasteiger partial charge in [-0.3, -0.25) is 0 Å². The summed E-state index contributed by atoms with van der Waals surface area (Å²) >= 11 is 0.